The van der Waals surface area contributed by atoms with E-state index >= 15 is 0 Å². The SMILES string of the molecule is COc1cc(N2CCC3(CCN(C(=O)c4ccc(C5CC(Nc6cnn(C)c(=O)c6Br)CN(C)C5)cc4)CC3)CC2)cc(C)c1C1CCC(=O)NC1=O. The summed E-state index contributed by atoms with van der Waals surface area (Å²) in [7, 11) is 5.39. The first-order chi connectivity index (χ1) is 25.4. The largest absolute Gasteiger partial charge is 0.496 e. The number of hydrogen-bond acceptors (Lipinski definition) is 9. The Morgan fingerprint density at radius 3 is 2.38 bits per heavy atom. The quantitative estimate of drug-likeness (QED) is 0.325. The number of piperidine rings is 4. The van der Waals surface area contributed by atoms with Gasteiger partial charge in [0.1, 0.15) is 10.2 Å². The minimum Gasteiger partial charge on any atom is -0.496 e. The first kappa shape index (κ1) is 37.1. The van der Waals surface area contributed by atoms with E-state index in [4.69, 9.17) is 4.74 Å². The van der Waals surface area contributed by atoms with E-state index in [1.165, 1.54) is 10.2 Å². The summed E-state index contributed by atoms with van der Waals surface area (Å²) in [5.41, 5.74) is 5.69. The number of nitrogens with zero attached hydrogens (tertiary/aromatic N) is 5. The third-order valence-corrected chi connectivity index (χ3v) is 12.9. The predicted octanol–water partition coefficient (Wildman–Crippen LogP) is 4.80. The van der Waals surface area contributed by atoms with E-state index in [-0.39, 0.29) is 40.7 Å². The minimum atomic E-state index is -0.387. The number of anilines is 2. The molecule has 1 aromatic heterocycles. The summed E-state index contributed by atoms with van der Waals surface area (Å²) in [6, 6.07) is 12.5. The number of amides is 3. The van der Waals surface area contributed by atoms with Gasteiger partial charge in [0.05, 0.1) is 24.9 Å². The Balaban J connectivity index is 0.929. The van der Waals surface area contributed by atoms with Gasteiger partial charge in [0, 0.05) is 81.7 Å². The molecule has 7 rings (SSSR count). The molecular weight excluding hydrogens is 738 g/mol. The van der Waals surface area contributed by atoms with Crippen molar-refractivity contribution in [2.24, 2.45) is 12.5 Å². The average Bonchev–Trinajstić information content (AvgIpc) is 3.15. The highest BCUT2D eigenvalue weighted by Gasteiger charge is 2.39. The molecule has 1 spiro atoms. The van der Waals surface area contributed by atoms with Gasteiger partial charge in [-0.15, -0.1) is 0 Å². The number of benzene rings is 2. The van der Waals surface area contributed by atoms with Gasteiger partial charge in [0.25, 0.3) is 11.5 Å². The van der Waals surface area contributed by atoms with Gasteiger partial charge in [-0.2, -0.15) is 5.10 Å². The summed E-state index contributed by atoms with van der Waals surface area (Å²) >= 11 is 3.43. The number of hydrogen-bond donors (Lipinski definition) is 2. The fourth-order valence-electron chi connectivity index (χ4n) is 9.02. The van der Waals surface area contributed by atoms with Crippen LogP contribution >= 0.6 is 15.9 Å². The molecule has 0 bridgehead atoms. The van der Waals surface area contributed by atoms with Gasteiger partial charge < -0.3 is 24.8 Å². The molecule has 5 heterocycles. The van der Waals surface area contributed by atoms with Crippen LogP contribution < -0.4 is 25.8 Å². The van der Waals surface area contributed by atoms with E-state index in [9.17, 15) is 19.2 Å². The lowest BCUT2D eigenvalue weighted by atomic mass is 9.71. The van der Waals surface area contributed by atoms with Crippen LogP contribution in [0.1, 0.15) is 83.8 Å². The molecule has 2 N–H and O–H groups in total. The third kappa shape index (κ3) is 7.73. The number of nitrogens with one attached hydrogen (secondary N) is 2. The topological polar surface area (TPSA) is 129 Å². The van der Waals surface area contributed by atoms with Crippen LogP contribution in [0.4, 0.5) is 11.4 Å². The maximum atomic E-state index is 13.7. The highest BCUT2D eigenvalue weighted by atomic mass is 79.9. The summed E-state index contributed by atoms with van der Waals surface area (Å²) in [5.74, 6) is 0.241. The van der Waals surface area contributed by atoms with Crippen molar-refractivity contribution in [1.29, 1.82) is 0 Å². The zero-order chi connectivity index (χ0) is 37.4. The van der Waals surface area contributed by atoms with Gasteiger partial charge in [-0.05, 0) is 109 Å². The normalized spacial score (nSPS) is 23.5. The van der Waals surface area contributed by atoms with Crippen LogP contribution in [-0.4, -0.2) is 96.8 Å². The van der Waals surface area contributed by atoms with Crippen molar-refractivity contribution in [2.75, 3.05) is 63.6 Å². The van der Waals surface area contributed by atoms with Crippen molar-refractivity contribution in [3.63, 3.8) is 0 Å². The number of methoxy groups -OCH3 is 1. The number of likely N-dealkylation sites (N-methyl/N-ethyl adjacent to an activating group) is 1. The number of carbonyl (C=O) groups is 3. The van der Waals surface area contributed by atoms with Crippen molar-refractivity contribution >= 4 is 45.0 Å². The van der Waals surface area contributed by atoms with Crippen LogP contribution in [0.2, 0.25) is 0 Å². The third-order valence-electron chi connectivity index (χ3n) is 12.1. The van der Waals surface area contributed by atoms with E-state index in [1.807, 2.05) is 30.0 Å². The molecule has 3 aromatic rings. The van der Waals surface area contributed by atoms with Crippen LogP contribution in [0, 0.1) is 12.3 Å². The zero-order valence-corrected chi connectivity index (χ0v) is 32.7. The molecule has 3 atom stereocenters. The molecule has 0 saturated carbocycles. The lowest BCUT2D eigenvalue weighted by Gasteiger charge is -2.47. The lowest BCUT2D eigenvalue weighted by molar-refractivity contribution is -0.134. The van der Waals surface area contributed by atoms with Crippen molar-refractivity contribution in [2.45, 2.75) is 69.7 Å². The Kier molecular flexibility index (Phi) is 10.7. The Bertz CT molecular complexity index is 1930. The number of aromatic nitrogens is 2. The summed E-state index contributed by atoms with van der Waals surface area (Å²) in [4.78, 5) is 57.2. The molecular formula is C40H50BrN7O5. The fourth-order valence-corrected chi connectivity index (χ4v) is 9.49. The number of imide groups is 1. The smallest absolute Gasteiger partial charge is 0.282 e. The fraction of sp³-hybridized carbons (Fsp3) is 0.525. The Hall–Kier alpha value is -4.23. The highest BCUT2D eigenvalue weighted by molar-refractivity contribution is 9.10. The first-order valence-corrected chi connectivity index (χ1v) is 19.6. The Morgan fingerprint density at radius 2 is 1.70 bits per heavy atom. The second-order valence-electron chi connectivity index (χ2n) is 15.6. The second kappa shape index (κ2) is 15.3. The van der Waals surface area contributed by atoms with E-state index < -0.39 is 0 Å². The summed E-state index contributed by atoms with van der Waals surface area (Å²) in [5, 5.41) is 10.2. The van der Waals surface area contributed by atoms with Crippen molar-refractivity contribution in [3.05, 3.63) is 79.7 Å². The van der Waals surface area contributed by atoms with Gasteiger partial charge in [-0.25, -0.2) is 4.68 Å². The number of halogens is 1. The Labute approximate surface area is 319 Å². The first-order valence-electron chi connectivity index (χ1n) is 18.8. The summed E-state index contributed by atoms with van der Waals surface area (Å²) in [6.07, 6.45) is 7.57. The second-order valence-corrected chi connectivity index (χ2v) is 16.4. The van der Waals surface area contributed by atoms with Crippen LogP contribution in [0.15, 0.2) is 51.9 Å². The molecule has 3 unspecified atom stereocenters. The molecule has 0 aliphatic carbocycles. The predicted molar refractivity (Wildman–Crippen MR) is 208 cm³/mol. The van der Waals surface area contributed by atoms with Gasteiger partial charge in [0.15, 0.2) is 0 Å². The molecule has 2 aromatic carbocycles. The maximum absolute atomic E-state index is 13.7. The molecule has 4 saturated heterocycles. The number of ether oxygens (including phenoxy) is 1. The molecule has 13 heteroatoms. The van der Waals surface area contributed by atoms with Crippen molar-refractivity contribution in [1.82, 2.24) is 24.9 Å². The lowest BCUT2D eigenvalue weighted by Crippen LogP contribution is -2.48. The van der Waals surface area contributed by atoms with Crippen LogP contribution in [-0.2, 0) is 16.6 Å². The standard InChI is InChI=1S/C40H50BrN7O5/c1-25-19-30(21-33(53-4)35(25)31-9-10-34(49)44-37(31)50)47-15-11-40(12-16-47)13-17-48(18-14-40)38(51)27-7-5-26(6-8-27)28-20-29(24-45(2)23-28)43-32-22-42-46(3)39(52)36(32)41/h5-8,19,21-22,28-29,31,43H,9-18,20,23-24H2,1-4H3,(H,44,49,50). The van der Waals surface area contributed by atoms with Crippen molar-refractivity contribution < 1.29 is 19.1 Å². The average molecular weight is 789 g/mol. The van der Waals surface area contributed by atoms with Crippen LogP contribution in [0.5, 0.6) is 5.75 Å². The van der Waals surface area contributed by atoms with Gasteiger partial charge in [0.2, 0.25) is 11.8 Å². The molecule has 3 amide bonds. The molecule has 4 aliphatic heterocycles. The van der Waals surface area contributed by atoms with Gasteiger partial charge in [-0.1, -0.05) is 12.1 Å². The molecule has 53 heavy (non-hydrogen) atoms. The Morgan fingerprint density at radius 1 is 1.00 bits per heavy atom. The monoisotopic (exact) mass is 787 g/mol. The van der Waals surface area contributed by atoms with Gasteiger partial charge in [-0.3, -0.25) is 24.5 Å². The van der Waals surface area contributed by atoms with Gasteiger partial charge >= 0.3 is 0 Å². The van der Waals surface area contributed by atoms with E-state index in [0.29, 0.717) is 34.7 Å². The number of likely N-dealkylation sites (tertiary alicyclic amines) is 2. The highest BCUT2D eigenvalue weighted by Crippen LogP contribution is 2.44. The van der Waals surface area contributed by atoms with Crippen LogP contribution in [0.25, 0.3) is 0 Å². The van der Waals surface area contributed by atoms with E-state index in [0.717, 1.165) is 93.8 Å². The van der Waals surface area contributed by atoms with E-state index in [1.54, 1.807) is 20.4 Å². The summed E-state index contributed by atoms with van der Waals surface area (Å²) < 4.78 is 7.60. The molecule has 4 fully saturated rings. The zero-order valence-electron chi connectivity index (χ0n) is 31.1. The summed E-state index contributed by atoms with van der Waals surface area (Å²) in [6.45, 7) is 7.20. The minimum absolute atomic E-state index is 0.103. The molecule has 12 nitrogen and oxygen atoms in total. The molecule has 4 aliphatic rings. The number of aryl methyl sites for hydroxylation is 2. The number of carbonyl (C=O) groups excluding carboxylic acids is 3. The maximum Gasteiger partial charge on any atom is 0.282 e. The van der Waals surface area contributed by atoms with Crippen molar-refractivity contribution in [3.8, 4) is 5.75 Å². The number of rotatable bonds is 7. The molecule has 0 radical (unpaired) electrons. The van der Waals surface area contributed by atoms with E-state index in [2.05, 4.69) is 66.7 Å². The van der Waals surface area contributed by atoms with Crippen LogP contribution in [0.3, 0.4) is 0 Å². The molecule has 282 valence electrons.